The average molecular weight is 192 g/mol. The third kappa shape index (κ3) is 4.18. The maximum Gasteiger partial charge on any atom is 0.437 e. The molecule has 5 nitrogen and oxygen atoms in total. The number of hydrogen-bond acceptors (Lipinski definition) is 3. The van der Waals surface area contributed by atoms with Crippen LogP contribution in [0, 0.1) is 0 Å². The van der Waals surface area contributed by atoms with Gasteiger partial charge in [-0.25, -0.2) is 0 Å². The molecule has 0 radical (unpaired) electrons. The Morgan fingerprint density at radius 3 is 2.67 bits per heavy atom. The van der Waals surface area contributed by atoms with E-state index in [9.17, 15) is 9.36 Å². The molecule has 0 rings (SSSR count). The lowest BCUT2D eigenvalue weighted by atomic mass is 10.3. The molecule has 0 aromatic carbocycles. The van der Waals surface area contributed by atoms with Gasteiger partial charge in [-0.3, -0.25) is 4.79 Å². The van der Waals surface area contributed by atoms with E-state index in [1.807, 2.05) is 0 Å². The highest BCUT2D eigenvalue weighted by atomic mass is 31.1. The second-order valence-corrected chi connectivity index (χ2v) is 3.43. The Labute approximate surface area is 70.9 Å². The first-order valence-electron chi connectivity index (χ1n) is 3.27. The van der Waals surface area contributed by atoms with Crippen molar-refractivity contribution in [1.29, 1.82) is 0 Å². The molecule has 0 aliphatic heterocycles. The van der Waals surface area contributed by atoms with Crippen LogP contribution in [0.3, 0.4) is 0 Å². The first kappa shape index (κ1) is 11.2. The largest absolute Gasteiger partial charge is 0.480 e. The highest BCUT2D eigenvalue weighted by Crippen LogP contribution is 2.14. The predicted octanol–water partition coefficient (Wildman–Crippen LogP) is -0.0501. The molecule has 0 heterocycles. The molecule has 0 bridgehead atoms. The van der Waals surface area contributed by atoms with E-state index in [0.29, 0.717) is 0 Å². The molecule has 0 saturated heterocycles. The van der Waals surface area contributed by atoms with Crippen LogP contribution in [0.4, 0.5) is 0 Å². The van der Waals surface area contributed by atoms with Crippen molar-refractivity contribution in [3.8, 4) is 0 Å². The standard InChI is InChI=1S/C6H10NO4P/c1-2-3-12(11)7-5(4-8)6(9)10/h2,5,8H,1,3-4H2,(H-,7,9,10,11)/p+1/t5-/m0/s1. The lowest BCUT2D eigenvalue weighted by molar-refractivity contribution is -0.139. The highest BCUT2D eigenvalue weighted by molar-refractivity contribution is 7.42. The van der Waals surface area contributed by atoms with E-state index < -0.39 is 26.6 Å². The van der Waals surface area contributed by atoms with E-state index in [0.717, 1.165) is 0 Å². The van der Waals surface area contributed by atoms with Crippen LogP contribution in [-0.2, 0) is 9.36 Å². The molecule has 1 unspecified atom stereocenters. The van der Waals surface area contributed by atoms with Gasteiger partial charge in [0.1, 0.15) is 0 Å². The molecule has 0 aromatic rings. The monoisotopic (exact) mass is 192 g/mol. The number of nitrogens with one attached hydrogen (secondary N) is 1. The van der Waals surface area contributed by atoms with Crippen molar-refractivity contribution >= 4 is 13.9 Å². The Hall–Kier alpha value is -0.770. The summed E-state index contributed by atoms with van der Waals surface area (Å²) in [5, 5.41) is 19.2. The first-order chi connectivity index (χ1) is 5.61. The SMILES string of the molecule is C=CC[P+](=O)N[C@@H](CO)C(=O)O. The van der Waals surface area contributed by atoms with E-state index in [1.54, 1.807) is 0 Å². The molecule has 3 N–H and O–H groups in total. The molecule has 0 aliphatic carbocycles. The number of allylic oxidation sites excluding steroid dienone is 1. The molecule has 0 fully saturated rings. The lowest BCUT2D eigenvalue weighted by Crippen LogP contribution is -2.35. The van der Waals surface area contributed by atoms with Crippen molar-refractivity contribution in [2.75, 3.05) is 12.8 Å². The number of carbonyl (C=O) groups is 1. The van der Waals surface area contributed by atoms with Crippen molar-refractivity contribution in [2.24, 2.45) is 0 Å². The topological polar surface area (TPSA) is 86.6 Å². The van der Waals surface area contributed by atoms with Crippen molar-refractivity contribution in [1.82, 2.24) is 5.09 Å². The van der Waals surface area contributed by atoms with Crippen molar-refractivity contribution < 1.29 is 19.6 Å². The zero-order chi connectivity index (χ0) is 9.56. The minimum Gasteiger partial charge on any atom is -0.480 e. The molecule has 0 spiro atoms. The summed E-state index contributed by atoms with van der Waals surface area (Å²) in [6.07, 6.45) is 1.61. The van der Waals surface area contributed by atoms with E-state index in [2.05, 4.69) is 11.7 Å². The zero-order valence-electron chi connectivity index (χ0n) is 6.43. The van der Waals surface area contributed by atoms with Crippen molar-refractivity contribution in [3.05, 3.63) is 12.7 Å². The zero-order valence-corrected chi connectivity index (χ0v) is 7.33. The fourth-order valence-corrected chi connectivity index (χ4v) is 1.40. The van der Waals surface area contributed by atoms with Gasteiger partial charge in [0, 0.05) is 0 Å². The Morgan fingerprint density at radius 1 is 1.75 bits per heavy atom. The van der Waals surface area contributed by atoms with Gasteiger partial charge in [0.25, 0.3) is 0 Å². The quantitative estimate of drug-likeness (QED) is 0.405. The van der Waals surface area contributed by atoms with Crippen LogP contribution in [0.2, 0.25) is 0 Å². The second-order valence-electron chi connectivity index (χ2n) is 2.05. The van der Waals surface area contributed by atoms with Gasteiger partial charge in [-0.1, -0.05) is 11.7 Å². The summed E-state index contributed by atoms with van der Waals surface area (Å²) in [4.78, 5) is 10.3. The Kier molecular flexibility index (Phi) is 5.45. The number of hydrogen-bond donors (Lipinski definition) is 3. The molecule has 0 aromatic heterocycles. The van der Waals surface area contributed by atoms with E-state index in [4.69, 9.17) is 10.2 Å². The maximum atomic E-state index is 10.9. The molecule has 0 saturated carbocycles. The van der Waals surface area contributed by atoms with Gasteiger partial charge in [-0.05, 0) is 10.6 Å². The van der Waals surface area contributed by atoms with Crippen molar-refractivity contribution in [2.45, 2.75) is 6.04 Å². The van der Waals surface area contributed by atoms with Crippen LogP contribution in [0.15, 0.2) is 12.7 Å². The fourth-order valence-electron chi connectivity index (χ4n) is 0.518. The number of rotatable bonds is 6. The highest BCUT2D eigenvalue weighted by Gasteiger charge is 2.25. The van der Waals surface area contributed by atoms with Crippen LogP contribution in [0.5, 0.6) is 0 Å². The lowest BCUT2D eigenvalue weighted by Gasteiger charge is -2.01. The number of aliphatic carboxylic acids is 1. The minimum absolute atomic E-state index is 0.194. The number of carboxylic acid groups (broad SMARTS) is 1. The fraction of sp³-hybridized carbons (Fsp3) is 0.500. The van der Waals surface area contributed by atoms with Gasteiger partial charge in [0.05, 0.1) is 6.61 Å². The molecule has 2 atom stereocenters. The second kappa shape index (κ2) is 5.83. The van der Waals surface area contributed by atoms with Gasteiger partial charge in [0.2, 0.25) is 0 Å². The van der Waals surface area contributed by atoms with Crippen molar-refractivity contribution in [3.63, 3.8) is 0 Å². The average Bonchev–Trinajstić information content (AvgIpc) is 2.00. The normalized spacial score (nSPS) is 13.6. The summed E-state index contributed by atoms with van der Waals surface area (Å²) >= 11 is 0. The number of aliphatic hydroxyl groups is 1. The van der Waals surface area contributed by atoms with E-state index >= 15 is 0 Å². The summed E-state index contributed by atoms with van der Waals surface area (Å²) in [5.41, 5.74) is 0. The van der Waals surface area contributed by atoms with Crippen LogP contribution in [0.1, 0.15) is 0 Å². The van der Waals surface area contributed by atoms with Gasteiger partial charge >= 0.3 is 13.9 Å². The summed E-state index contributed by atoms with van der Waals surface area (Å²) < 4.78 is 10.9. The minimum atomic E-state index is -1.82. The molecule has 6 heteroatoms. The van der Waals surface area contributed by atoms with Crippen LogP contribution in [0.25, 0.3) is 0 Å². The summed E-state index contributed by atoms with van der Waals surface area (Å²) in [6.45, 7) is 2.77. The Bertz CT molecular complexity index is 194. The Morgan fingerprint density at radius 2 is 2.33 bits per heavy atom. The predicted molar refractivity (Wildman–Crippen MR) is 44.3 cm³/mol. The van der Waals surface area contributed by atoms with Gasteiger partial charge < -0.3 is 10.2 Å². The van der Waals surface area contributed by atoms with E-state index in [-0.39, 0.29) is 6.16 Å². The Balaban J connectivity index is 3.93. The molecule has 12 heavy (non-hydrogen) atoms. The first-order valence-corrected chi connectivity index (χ1v) is 4.71. The third-order valence-corrected chi connectivity index (χ3v) is 2.26. The molecule has 0 amide bonds. The van der Waals surface area contributed by atoms with Crippen LogP contribution < -0.4 is 5.09 Å². The molecule has 68 valence electrons. The smallest absolute Gasteiger partial charge is 0.437 e. The van der Waals surface area contributed by atoms with Crippen LogP contribution in [-0.4, -0.2) is 35.0 Å². The van der Waals surface area contributed by atoms with Gasteiger partial charge in [-0.15, -0.1) is 0 Å². The van der Waals surface area contributed by atoms with Crippen LogP contribution >= 0.6 is 7.95 Å². The van der Waals surface area contributed by atoms with Gasteiger partial charge in [0.15, 0.2) is 12.2 Å². The number of aliphatic hydroxyl groups excluding tert-OH is 1. The van der Waals surface area contributed by atoms with E-state index in [1.165, 1.54) is 6.08 Å². The molecular weight excluding hydrogens is 181 g/mol. The number of carboxylic acids is 1. The maximum absolute atomic E-state index is 10.9. The molecular formula is C6H11NO4P+. The summed E-state index contributed by atoms with van der Waals surface area (Å²) in [6, 6.07) is -1.16. The third-order valence-electron chi connectivity index (χ3n) is 1.08. The summed E-state index contributed by atoms with van der Waals surface area (Å²) in [5.74, 6) is -1.22. The van der Waals surface area contributed by atoms with Gasteiger partial charge in [-0.2, -0.15) is 0 Å². The molecule has 0 aliphatic rings. The summed E-state index contributed by atoms with van der Waals surface area (Å²) in [7, 11) is -1.82.